The Kier molecular flexibility index (Phi) is 5.53. The van der Waals surface area contributed by atoms with Crippen molar-refractivity contribution >= 4 is 11.6 Å². The zero-order valence-electron chi connectivity index (χ0n) is 17.2. The summed E-state index contributed by atoms with van der Waals surface area (Å²) in [7, 11) is 0. The number of carbonyl (C=O) groups is 1. The van der Waals surface area contributed by atoms with Gasteiger partial charge in [-0.25, -0.2) is 0 Å². The van der Waals surface area contributed by atoms with Crippen LogP contribution in [0.3, 0.4) is 0 Å². The normalized spacial score (nSPS) is 16.5. The van der Waals surface area contributed by atoms with Gasteiger partial charge in [0.05, 0.1) is 30.3 Å². The number of benzene rings is 2. The molecule has 2 atom stereocenters. The zero-order chi connectivity index (χ0) is 21.1. The fourth-order valence-electron chi connectivity index (χ4n) is 3.88. The van der Waals surface area contributed by atoms with Crippen molar-refractivity contribution in [1.29, 1.82) is 5.26 Å². The summed E-state index contributed by atoms with van der Waals surface area (Å²) in [5.74, 6) is 0.0208. The molecule has 0 saturated heterocycles. The maximum absolute atomic E-state index is 13.4. The smallest absolute Gasteiger partial charge is 0.258 e. The molecule has 3 aromatic rings. The highest BCUT2D eigenvalue weighted by molar-refractivity contribution is 6.02. The maximum atomic E-state index is 13.4. The third kappa shape index (κ3) is 3.55. The number of carbonyl (C=O) groups excluding carboxylic acids is 1. The van der Waals surface area contributed by atoms with Crippen LogP contribution in [0, 0.1) is 11.3 Å². The van der Waals surface area contributed by atoms with Crippen molar-refractivity contribution < 1.29 is 4.79 Å². The van der Waals surface area contributed by atoms with Crippen molar-refractivity contribution in [3.63, 3.8) is 0 Å². The molecule has 0 aliphatic carbocycles. The Hall–Kier alpha value is -3.59. The van der Waals surface area contributed by atoms with Gasteiger partial charge in [0.1, 0.15) is 6.17 Å². The van der Waals surface area contributed by atoms with Gasteiger partial charge in [0.25, 0.3) is 5.91 Å². The van der Waals surface area contributed by atoms with Crippen molar-refractivity contribution in [2.24, 2.45) is 0 Å². The number of amides is 1. The number of nitrogens with zero attached hydrogens (tertiary/aromatic N) is 4. The zero-order valence-corrected chi connectivity index (χ0v) is 17.2. The number of nitriles is 1. The monoisotopic (exact) mass is 399 g/mol. The number of nitrogens with one attached hydrogen (secondary N) is 1. The van der Waals surface area contributed by atoms with E-state index in [1.165, 1.54) is 0 Å². The summed E-state index contributed by atoms with van der Waals surface area (Å²) < 4.78 is 1.81. The fourth-order valence-corrected chi connectivity index (χ4v) is 3.88. The molecule has 0 radical (unpaired) electrons. The Morgan fingerprint density at radius 1 is 1.17 bits per heavy atom. The van der Waals surface area contributed by atoms with Gasteiger partial charge in [0.15, 0.2) is 0 Å². The molecule has 152 valence electrons. The van der Waals surface area contributed by atoms with Gasteiger partial charge in [0, 0.05) is 29.1 Å². The second-order valence-electron chi connectivity index (χ2n) is 7.53. The first-order chi connectivity index (χ1) is 14.6. The van der Waals surface area contributed by atoms with Crippen LogP contribution in [0.2, 0.25) is 0 Å². The molecule has 0 fully saturated rings. The van der Waals surface area contributed by atoms with E-state index in [2.05, 4.69) is 25.2 Å². The first-order valence-electron chi connectivity index (χ1n) is 10.3. The van der Waals surface area contributed by atoms with E-state index in [0.717, 1.165) is 28.9 Å². The Morgan fingerprint density at radius 3 is 2.63 bits per heavy atom. The van der Waals surface area contributed by atoms with Crippen LogP contribution in [0.15, 0.2) is 60.8 Å². The minimum atomic E-state index is -0.339. The second-order valence-corrected chi connectivity index (χ2v) is 7.53. The molecule has 6 heteroatoms. The van der Waals surface area contributed by atoms with E-state index in [1.54, 1.807) is 0 Å². The van der Waals surface area contributed by atoms with Gasteiger partial charge in [-0.15, -0.1) is 0 Å². The lowest BCUT2D eigenvalue weighted by atomic mass is 9.99. The predicted octanol–water partition coefficient (Wildman–Crippen LogP) is 4.83. The first kappa shape index (κ1) is 19.7. The Labute approximate surface area is 176 Å². The molecule has 1 N–H and O–H groups in total. The van der Waals surface area contributed by atoms with Gasteiger partial charge in [-0.2, -0.15) is 10.4 Å². The molecule has 6 nitrogen and oxygen atoms in total. The molecule has 0 bridgehead atoms. The highest BCUT2D eigenvalue weighted by atomic mass is 16.2. The number of anilines is 1. The minimum Gasteiger partial charge on any atom is -0.361 e. The maximum Gasteiger partial charge on any atom is 0.258 e. The number of para-hydroxylation sites is 1. The van der Waals surface area contributed by atoms with Gasteiger partial charge in [-0.1, -0.05) is 49.4 Å². The summed E-state index contributed by atoms with van der Waals surface area (Å²) in [4.78, 5) is 15.4. The lowest BCUT2D eigenvalue weighted by Crippen LogP contribution is -2.47. The fraction of sp³-hybridized carbons (Fsp3) is 0.292. The Morgan fingerprint density at radius 2 is 1.90 bits per heavy atom. The minimum absolute atomic E-state index is 0.0208. The van der Waals surface area contributed by atoms with E-state index >= 15 is 0 Å². The predicted molar refractivity (Wildman–Crippen MR) is 117 cm³/mol. The molecule has 0 unspecified atom stereocenters. The van der Waals surface area contributed by atoms with Crippen LogP contribution < -0.4 is 5.32 Å². The van der Waals surface area contributed by atoms with Crippen molar-refractivity contribution in [1.82, 2.24) is 14.7 Å². The quantitative estimate of drug-likeness (QED) is 0.644. The number of fused-ring (bicyclic) bond motifs is 1. The molecule has 1 amide bonds. The summed E-state index contributed by atoms with van der Waals surface area (Å²) in [6.07, 6.45) is 2.85. The van der Waals surface area contributed by atoms with Crippen LogP contribution in [-0.4, -0.2) is 26.6 Å². The highest BCUT2D eigenvalue weighted by Crippen LogP contribution is 2.38. The van der Waals surface area contributed by atoms with Gasteiger partial charge < -0.3 is 10.2 Å². The SMILES string of the molecule is CC[C@@H](C)N1C(=O)c2ccccc2N[C@@H]1c1cn(CCC#N)nc1-c1ccccc1. The van der Waals surface area contributed by atoms with E-state index in [1.807, 2.05) is 70.4 Å². The molecule has 0 saturated carbocycles. The summed E-state index contributed by atoms with van der Waals surface area (Å²) in [5, 5.41) is 17.4. The van der Waals surface area contributed by atoms with Crippen LogP contribution in [-0.2, 0) is 6.54 Å². The molecule has 1 aliphatic rings. The Balaban J connectivity index is 1.85. The molecule has 0 spiro atoms. The molecule has 2 aromatic carbocycles. The lowest BCUT2D eigenvalue weighted by Gasteiger charge is -2.41. The van der Waals surface area contributed by atoms with Gasteiger partial charge in [-0.3, -0.25) is 9.48 Å². The summed E-state index contributed by atoms with van der Waals surface area (Å²) in [5.41, 5.74) is 4.26. The van der Waals surface area contributed by atoms with Crippen molar-refractivity contribution in [3.05, 3.63) is 71.9 Å². The molecule has 1 aliphatic heterocycles. The summed E-state index contributed by atoms with van der Waals surface area (Å²) in [6.45, 7) is 4.67. The molecule has 2 heterocycles. The first-order valence-corrected chi connectivity index (χ1v) is 10.3. The summed E-state index contributed by atoms with van der Waals surface area (Å²) >= 11 is 0. The third-order valence-corrected chi connectivity index (χ3v) is 5.61. The number of aryl methyl sites for hydroxylation is 1. The summed E-state index contributed by atoms with van der Waals surface area (Å²) in [6, 6.07) is 19.8. The topological polar surface area (TPSA) is 74.0 Å². The van der Waals surface area contributed by atoms with Crippen molar-refractivity contribution in [3.8, 4) is 17.3 Å². The third-order valence-electron chi connectivity index (χ3n) is 5.61. The lowest BCUT2D eigenvalue weighted by molar-refractivity contribution is 0.0594. The van der Waals surface area contributed by atoms with Gasteiger partial charge >= 0.3 is 0 Å². The van der Waals surface area contributed by atoms with E-state index in [4.69, 9.17) is 10.4 Å². The number of rotatable bonds is 6. The van der Waals surface area contributed by atoms with Crippen LogP contribution >= 0.6 is 0 Å². The van der Waals surface area contributed by atoms with Crippen molar-refractivity contribution in [2.45, 2.75) is 45.4 Å². The average Bonchev–Trinajstić information content (AvgIpc) is 3.22. The van der Waals surface area contributed by atoms with Crippen LogP contribution in [0.4, 0.5) is 5.69 Å². The van der Waals surface area contributed by atoms with Gasteiger partial charge in [0.2, 0.25) is 0 Å². The van der Waals surface area contributed by atoms with E-state index < -0.39 is 0 Å². The second kappa shape index (κ2) is 8.42. The number of hydrogen-bond acceptors (Lipinski definition) is 4. The largest absolute Gasteiger partial charge is 0.361 e. The average molecular weight is 399 g/mol. The number of hydrogen-bond donors (Lipinski definition) is 1. The molecular formula is C24H25N5O. The van der Waals surface area contributed by atoms with E-state index in [-0.39, 0.29) is 18.1 Å². The van der Waals surface area contributed by atoms with Crippen LogP contribution in [0.5, 0.6) is 0 Å². The molecule has 4 rings (SSSR count). The van der Waals surface area contributed by atoms with Gasteiger partial charge in [-0.05, 0) is 25.5 Å². The van der Waals surface area contributed by atoms with Crippen molar-refractivity contribution in [2.75, 3.05) is 5.32 Å². The standard InChI is InChI=1S/C24H25N5O/c1-3-17(2)29-23(26-21-13-8-7-12-19(21)24(29)30)20-16-28(15-9-14-25)27-22(20)18-10-5-4-6-11-18/h4-8,10-13,16-17,23,26H,3,9,15H2,1-2H3/t17-,23+/m1/s1. The molecule has 1 aromatic heterocycles. The van der Waals surface area contributed by atoms with Crippen LogP contribution in [0.25, 0.3) is 11.3 Å². The molecule has 30 heavy (non-hydrogen) atoms. The highest BCUT2D eigenvalue weighted by Gasteiger charge is 2.37. The Bertz CT molecular complexity index is 1080. The van der Waals surface area contributed by atoms with Crippen LogP contribution in [0.1, 0.15) is 48.8 Å². The number of aromatic nitrogens is 2. The molecular weight excluding hydrogens is 374 g/mol. The van der Waals surface area contributed by atoms with E-state index in [0.29, 0.717) is 18.5 Å². The van der Waals surface area contributed by atoms with E-state index in [9.17, 15) is 4.79 Å².